The zero-order valence-electron chi connectivity index (χ0n) is 14.5. The van der Waals surface area contributed by atoms with Gasteiger partial charge in [0.1, 0.15) is 12.2 Å². The SMILES string of the molecule is CC(C)(C)OC(=O)C(C)(CCC(=S)OCc1ccccc1)C(=O)O. The minimum absolute atomic E-state index is 0.0187. The van der Waals surface area contributed by atoms with E-state index in [0.29, 0.717) is 6.61 Å². The molecule has 0 aliphatic carbocycles. The molecule has 0 aliphatic rings. The van der Waals surface area contributed by atoms with Gasteiger partial charge >= 0.3 is 11.9 Å². The van der Waals surface area contributed by atoms with Crippen molar-refractivity contribution in [2.45, 2.75) is 52.7 Å². The topological polar surface area (TPSA) is 72.8 Å². The van der Waals surface area contributed by atoms with E-state index in [2.05, 4.69) is 0 Å². The van der Waals surface area contributed by atoms with Crippen molar-refractivity contribution >= 4 is 29.2 Å². The Morgan fingerprint density at radius 3 is 2.21 bits per heavy atom. The average Bonchev–Trinajstić information content (AvgIpc) is 2.49. The molecule has 0 aliphatic heterocycles. The lowest BCUT2D eigenvalue weighted by Crippen LogP contribution is -2.41. The van der Waals surface area contributed by atoms with E-state index in [1.54, 1.807) is 20.8 Å². The van der Waals surface area contributed by atoms with E-state index in [1.807, 2.05) is 30.3 Å². The Morgan fingerprint density at radius 2 is 1.71 bits per heavy atom. The lowest BCUT2D eigenvalue weighted by atomic mass is 9.85. The molecular formula is C18H24O5S. The van der Waals surface area contributed by atoms with Crippen molar-refractivity contribution in [2.75, 3.05) is 0 Å². The fraction of sp³-hybridized carbons (Fsp3) is 0.500. The highest BCUT2D eigenvalue weighted by atomic mass is 32.1. The minimum atomic E-state index is -1.66. The second-order valence-corrected chi connectivity index (χ2v) is 7.24. The largest absolute Gasteiger partial charge is 0.482 e. The Kier molecular flexibility index (Phi) is 6.90. The number of carbonyl (C=O) groups excluding carboxylic acids is 1. The monoisotopic (exact) mass is 352 g/mol. The Labute approximate surface area is 148 Å². The van der Waals surface area contributed by atoms with Crippen molar-refractivity contribution in [3.63, 3.8) is 0 Å². The number of aliphatic carboxylic acids is 1. The lowest BCUT2D eigenvalue weighted by Gasteiger charge is -2.28. The number of hydrogen-bond donors (Lipinski definition) is 1. The van der Waals surface area contributed by atoms with Crippen LogP contribution in [0.3, 0.4) is 0 Å². The molecule has 5 nitrogen and oxygen atoms in total. The van der Waals surface area contributed by atoms with Crippen LogP contribution < -0.4 is 0 Å². The molecule has 1 N–H and O–H groups in total. The predicted molar refractivity (Wildman–Crippen MR) is 94.7 cm³/mol. The van der Waals surface area contributed by atoms with Gasteiger partial charge in [-0.05, 0) is 51.9 Å². The van der Waals surface area contributed by atoms with Crippen molar-refractivity contribution in [1.29, 1.82) is 0 Å². The first kappa shape index (κ1) is 20.1. The van der Waals surface area contributed by atoms with Crippen molar-refractivity contribution in [3.05, 3.63) is 35.9 Å². The van der Waals surface area contributed by atoms with Gasteiger partial charge in [-0.15, -0.1) is 0 Å². The van der Waals surface area contributed by atoms with Crippen LogP contribution >= 0.6 is 12.2 Å². The number of esters is 1. The van der Waals surface area contributed by atoms with Crippen molar-refractivity contribution < 1.29 is 24.2 Å². The maximum atomic E-state index is 12.2. The van der Waals surface area contributed by atoms with E-state index >= 15 is 0 Å². The molecule has 1 atom stereocenters. The van der Waals surface area contributed by atoms with Crippen LogP contribution in [0.15, 0.2) is 30.3 Å². The highest BCUT2D eigenvalue weighted by molar-refractivity contribution is 7.80. The molecule has 24 heavy (non-hydrogen) atoms. The molecule has 1 unspecified atom stereocenters. The second kappa shape index (κ2) is 8.24. The van der Waals surface area contributed by atoms with E-state index in [1.165, 1.54) is 6.92 Å². The minimum Gasteiger partial charge on any atom is -0.482 e. The average molecular weight is 352 g/mol. The number of hydrogen-bond acceptors (Lipinski definition) is 5. The molecule has 0 bridgehead atoms. The van der Waals surface area contributed by atoms with Gasteiger partial charge in [0.15, 0.2) is 10.5 Å². The summed E-state index contributed by atoms with van der Waals surface area (Å²) in [4.78, 5) is 23.8. The second-order valence-electron chi connectivity index (χ2n) is 6.79. The van der Waals surface area contributed by atoms with E-state index in [9.17, 15) is 14.7 Å². The third-order valence-electron chi connectivity index (χ3n) is 3.39. The van der Waals surface area contributed by atoms with Gasteiger partial charge in [-0.3, -0.25) is 9.59 Å². The molecule has 0 aromatic heterocycles. The van der Waals surface area contributed by atoms with E-state index in [4.69, 9.17) is 21.7 Å². The molecule has 0 saturated heterocycles. The van der Waals surface area contributed by atoms with Gasteiger partial charge < -0.3 is 14.6 Å². The first-order chi connectivity index (χ1) is 11.0. The summed E-state index contributed by atoms with van der Waals surface area (Å²) in [5.74, 6) is -2.00. The summed E-state index contributed by atoms with van der Waals surface area (Å²) in [6.45, 7) is 6.75. The number of carboxylic acids is 1. The number of thiocarbonyl (C=S) groups is 1. The van der Waals surface area contributed by atoms with Crippen LogP contribution in [0.5, 0.6) is 0 Å². The molecule has 0 heterocycles. The predicted octanol–water partition coefficient (Wildman–Crippen LogP) is 3.74. The highest BCUT2D eigenvalue weighted by Gasteiger charge is 2.44. The van der Waals surface area contributed by atoms with Crippen molar-refractivity contribution in [3.8, 4) is 0 Å². The van der Waals surface area contributed by atoms with Crippen LogP contribution in [0.4, 0.5) is 0 Å². The van der Waals surface area contributed by atoms with Gasteiger partial charge in [0.25, 0.3) is 0 Å². The summed E-state index contributed by atoms with van der Waals surface area (Å²) in [5, 5.41) is 9.71. The summed E-state index contributed by atoms with van der Waals surface area (Å²) >= 11 is 5.14. The van der Waals surface area contributed by atoms with Gasteiger partial charge in [-0.1, -0.05) is 30.3 Å². The fourth-order valence-electron chi connectivity index (χ4n) is 1.85. The molecule has 0 saturated carbocycles. The van der Waals surface area contributed by atoms with Crippen LogP contribution in [-0.2, 0) is 25.7 Å². The molecule has 6 heteroatoms. The summed E-state index contributed by atoms with van der Waals surface area (Å²) in [6, 6.07) is 9.51. The van der Waals surface area contributed by atoms with Gasteiger partial charge in [-0.25, -0.2) is 0 Å². The van der Waals surface area contributed by atoms with Gasteiger partial charge in [0.2, 0.25) is 0 Å². The number of benzene rings is 1. The molecule has 1 aromatic carbocycles. The van der Waals surface area contributed by atoms with Gasteiger partial charge in [-0.2, -0.15) is 0 Å². The maximum Gasteiger partial charge on any atom is 0.323 e. The van der Waals surface area contributed by atoms with Crippen molar-refractivity contribution in [2.24, 2.45) is 5.41 Å². The zero-order chi connectivity index (χ0) is 18.4. The number of ether oxygens (including phenoxy) is 2. The molecular weight excluding hydrogens is 328 g/mol. The smallest absolute Gasteiger partial charge is 0.323 e. The van der Waals surface area contributed by atoms with E-state index in [-0.39, 0.29) is 17.9 Å². The quantitative estimate of drug-likeness (QED) is 0.458. The van der Waals surface area contributed by atoms with Gasteiger partial charge in [0.05, 0.1) is 0 Å². The van der Waals surface area contributed by atoms with E-state index < -0.39 is 23.0 Å². The normalized spacial score (nSPS) is 13.7. The molecule has 1 rings (SSSR count). The number of carboxylic acid groups (broad SMARTS) is 1. The maximum absolute atomic E-state index is 12.2. The van der Waals surface area contributed by atoms with Crippen LogP contribution in [0.25, 0.3) is 0 Å². The fourth-order valence-corrected chi connectivity index (χ4v) is 2.01. The molecule has 132 valence electrons. The Balaban J connectivity index is 2.61. The Bertz CT molecular complexity index is 591. The summed E-state index contributed by atoms with van der Waals surface area (Å²) in [6.07, 6.45) is 0.203. The van der Waals surface area contributed by atoms with Crippen LogP contribution in [0.2, 0.25) is 0 Å². The molecule has 0 spiro atoms. The molecule has 1 aromatic rings. The third-order valence-corrected chi connectivity index (χ3v) is 3.72. The molecule has 0 radical (unpaired) electrons. The third kappa shape index (κ3) is 6.28. The van der Waals surface area contributed by atoms with Crippen molar-refractivity contribution in [1.82, 2.24) is 0 Å². The number of carbonyl (C=O) groups is 2. The molecule has 0 fully saturated rings. The summed E-state index contributed by atoms with van der Waals surface area (Å²) in [7, 11) is 0. The summed E-state index contributed by atoms with van der Waals surface area (Å²) < 4.78 is 10.7. The Hall–Kier alpha value is -1.95. The van der Waals surface area contributed by atoms with Crippen LogP contribution in [0.1, 0.15) is 46.1 Å². The zero-order valence-corrected chi connectivity index (χ0v) is 15.3. The Morgan fingerprint density at radius 1 is 1.12 bits per heavy atom. The highest BCUT2D eigenvalue weighted by Crippen LogP contribution is 2.28. The molecule has 0 amide bonds. The summed E-state index contributed by atoms with van der Waals surface area (Å²) in [5.41, 5.74) is -1.45. The standard InChI is InChI=1S/C18H24O5S/c1-17(2,3)23-16(21)18(4,15(19)20)11-10-14(24)22-12-13-8-6-5-7-9-13/h5-9H,10-12H2,1-4H3,(H,19,20). The number of rotatable bonds is 7. The first-order valence-electron chi connectivity index (χ1n) is 7.71. The lowest BCUT2D eigenvalue weighted by molar-refractivity contribution is -0.175. The van der Waals surface area contributed by atoms with Crippen LogP contribution in [-0.4, -0.2) is 27.7 Å². The van der Waals surface area contributed by atoms with E-state index in [0.717, 1.165) is 5.56 Å². The van der Waals surface area contributed by atoms with Crippen LogP contribution in [0, 0.1) is 5.41 Å². The first-order valence-corrected chi connectivity index (χ1v) is 8.12. The van der Waals surface area contributed by atoms with Gasteiger partial charge in [0, 0.05) is 6.42 Å².